The van der Waals surface area contributed by atoms with Gasteiger partial charge in [0.2, 0.25) is 0 Å². The molecule has 1 amide bonds. The van der Waals surface area contributed by atoms with Gasteiger partial charge in [0.25, 0.3) is 5.91 Å². The van der Waals surface area contributed by atoms with Crippen molar-refractivity contribution in [3.05, 3.63) is 71.0 Å². The number of aliphatic hydroxyl groups is 1. The van der Waals surface area contributed by atoms with Crippen molar-refractivity contribution in [3.8, 4) is 0 Å². The number of nitrogens with one attached hydrogen (secondary N) is 1. The Bertz CT molecular complexity index is 638. The van der Waals surface area contributed by atoms with Gasteiger partial charge < -0.3 is 10.4 Å². The fourth-order valence-corrected chi connectivity index (χ4v) is 2.04. The van der Waals surface area contributed by atoms with Crippen LogP contribution in [0.25, 0.3) is 0 Å². The minimum Gasteiger partial charge on any atom is -0.384 e. The number of halogens is 1. The molecule has 4 heteroatoms. The monoisotopic (exact) mass is 287 g/mol. The zero-order valence-electron chi connectivity index (χ0n) is 12.1. The Morgan fingerprint density at radius 2 is 1.90 bits per heavy atom. The molecule has 2 aromatic rings. The number of hydrogen-bond donors (Lipinski definition) is 2. The Morgan fingerprint density at radius 1 is 1.24 bits per heavy atom. The smallest absolute Gasteiger partial charge is 0.251 e. The lowest BCUT2D eigenvalue weighted by molar-refractivity contribution is 0.0526. The summed E-state index contributed by atoms with van der Waals surface area (Å²) >= 11 is 0. The van der Waals surface area contributed by atoms with Gasteiger partial charge in [-0.05, 0) is 43.2 Å². The number of amides is 1. The zero-order chi connectivity index (χ0) is 15.5. The number of carbonyl (C=O) groups is 1. The topological polar surface area (TPSA) is 49.3 Å². The van der Waals surface area contributed by atoms with Crippen LogP contribution in [0.3, 0.4) is 0 Å². The second-order valence-corrected chi connectivity index (χ2v) is 5.29. The summed E-state index contributed by atoms with van der Waals surface area (Å²) in [6, 6.07) is 13.3. The Hall–Kier alpha value is -2.20. The van der Waals surface area contributed by atoms with Crippen molar-refractivity contribution >= 4 is 5.91 Å². The summed E-state index contributed by atoms with van der Waals surface area (Å²) in [7, 11) is 0. The molecule has 0 aromatic heterocycles. The summed E-state index contributed by atoms with van der Waals surface area (Å²) in [5.41, 5.74) is 0.349. The molecule has 0 spiro atoms. The molecule has 110 valence electrons. The van der Waals surface area contributed by atoms with Gasteiger partial charge in [-0.25, -0.2) is 4.39 Å². The third kappa shape index (κ3) is 3.67. The van der Waals surface area contributed by atoms with Crippen LogP contribution in [-0.4, -0.2) is 17.6 Å². The van der Waals surface area contributed by atoms with Gasteiger partial charge in [0.15, 0.2) is 0 Å². The van der Waals surface area contributed by atoms with E-state index in [1.807, 2.05) is 18.2 Å². The van der Waals surface area contributed by atoms with E-state index in [2.05, 4.69) is 5.32 Å². The fourth-order valence-electron chi connectivity index (χ4n) is 2.04. The highest BCUT2D eigenvalue weighted by Crippen LogP contribution is 2.19. The van der Waals surface area contributed by atoms with Crippen LogP contribution in [-0.2, 0) is 5.60 Å². The van der Waals surface area contributed by atoms with Gasteiger partial charge in [-0.2, -0.15) is 0 Å². The molecule has 2 N–H and O–H groups in total. The maximum atomic E-state index is 13.2. The number of benzene rings is 2. The molecular weight excluding hydrogens is 269 g/mol. The van der Waals surface area contributed by atoms with Gasteiger partial charge in [-0.1, -0.05) is 30.3 Å². The first kappa shape index (κ1) is 15.2. The largest absolute Gasteiger partial charge is 0.384 e. The van der Waals surface area contributed by atoms with E-state index in [-0.39, 0.29) is 18.3 Å². The number of rotatable bonds is 4. The molecule has 0 radical (unpaired) electrons. The van der Waals surface area contributed by atoms with E-state index >= 15 is 0 Å². The van der Waals surface area contributed by atoms with E-state index in [4.69, 9.17) is 0 Å². The lowest BCUT2D eigenvalue weighted by atomic mass is 9.96. The normalized spacial score (nSPS) is 13.5. The second kappa shape index (κ2) is 6.06. The van der Waals surface area contributed by atoms with Crippen molar-refractivity contribution in [1.82, 2.24) is 5.32 Å². The third-order valence-electron chi connectivity index (χ3n) is 3.41. The highest BCUT2D eigenvalue weighted by Gasteiger charge is 2.23. The third-order valence-corrected chi connectivity index (χ3v) is 3.41. The van der Waals surface area contributed by atoms with E-state index in [0.717, 1.165) is 5.56 Å². The SMILES string of the molecule is Cc1cc(C(=O)NCC(C)(O)c2ccccc2)ccc1F. The summed E-state index contributed by atoms with van der Waals surface area (Å²) < 4.78 is 13.2. The first-order chi connectivity index (χ1) is 9.90. The molecule has 2 aromatic carbocycles. The first-order valence-electron chi connectivity index (χ1n) is 6.72. The summed E-state index contributed by atoms with van der Waals surface area (Å²) in [6.45, 7) is 3.32. The van der Waals surface area contributed by atoms with E-state index in [9.17, 15) is 14.3 Å². The van der Waals surface area contributed by atoms with E-state index < -0.39 is 5.60 Å². The van der Waals surface area contributed by atoms with Gasteiger partial charge in [-0.15, -0.1) is 0 Å². The highest BCUT2D eigenvalue weighted by atomic mass is 19.1. The highest BCUT2D eigenvalue weighted by molar-refractivity contribution is 5.94. The fraction of sp³-hybridized carbons (Fsp3) is 0.235. The Labute approximate surface area is 123 Å². The van der Waals surface area contributed by atoms with Crippen LogP contribution in [0.2, 0.25) is 0 Å². The van der Waals surface area contributed by atoms with Crippen LogP contribution in [0.1, 0.15) is 28.4 Å². The number of hydrogen-bond acceptors (Lipinski definition) is 2. The van der Waals surface area contributed by atoms with Crippen molar-refractivity contribution in [3.63, 3.8) is 0 Å². The molecule has 0 fully saturated rings. The molecule has 0 bridgehead atoms. The Balaban J connectivity index is 2.05. The molecule has 1 atom stereocenters. The second-order valence-electron chi connectivity index (χ2n) is 5.29. The molecule has 21 heavy (non-hydrogen) atoms. The predicted molar refractivity (Wildman–Crippen MR) is 79.5 cm³/mol. The molecule has 2 rings (SSSR count). The predicted octanol–water partition coefficient (Wildman–Crippen LogP) is 2.77. The molecule has 1 unspecified atom stereocenters. The quantitative estimate of drug-likeness (QED) is 0.908. The minimum atomic E-state index is -1.16. The van der Waals surface area contributed by atoms with Gasteiger partial charge in [0, 0.05) is 5.56 Å². The standard InChI is InChI=1S/C17H18FNO2/c1-12-10-13(8-9-15(12)18)16(20)19-11-17(2,21)14-6-4-3-5-7-14/h3-10,21H,11H2,1-2H3,(H,19,20). The van der Waals surface area contributed by atoms with Crippen LogP contribution in [0.5, 0.6) is 0 Å². The molecular formula is C17H18FNO2. The lowest BCUT2D eigenvalue weighted by Gasteiger charge is -2.24. The number of aryl methyl sites for hydroxylation is 1. The maximum Gasteiger partial charge on any atom is 0.251 e. The molecule has 3 nitrogen and oxygen atoms in total. The van der Waals surface area contributed by atoms with Crippen molar-refractivity contribution in [2.75, 3.05) is 6.54 Å². The molecule has 0 saturated heterocycles. The van der Waals surface area contributed by atoms with Gasteiger partial charge in [0.1, 0.15) is 11.4 Å². The Morgan fingerprint density at radius 3 is 2.52 bits per heavy atom. The van der Waals surface area contributed by atoms with E-state index in [1.54, 1.807) is 26.0 Å². The van der Waals surface area contributed by atoms with Crippen molar-refractivity contribution in [2.24, 2.45) is 0 Å². The molecule has 0 aliphatic heterocycles. The van der Waals surface area contributed by atoms with Crippen LogP contribution in [0.15, 0.2) is 48.5 Å². The summed E-state index contributed by atoms with van der Waals surface area (Å²) in [6.07, 6.45) is 0. The Kier molecular flexibility index (Phi) is 4.38. The maximum absolute atomic E-state index is 13.2. The number of carbonyl (C=O) groups excluding carboxylic acids is 1. The summed E-state index contributed by atoms with van der Waals surface area (Å²) in [4.78, 5) is 12.0. The first-order valence-corrected chi connectivity index (χ1v) is 6.72. The van der Waals surface area contributed by atoms with E-state index in [1.165, 1.54) is 18.2 Å². The van der Waals surface area contributed by atoms with Crippen molar-refractivity contribution in [1.29, 1.82) is 0 Å². The van der Waals surface area contributed by atoms with Crippen molar-refractivity contribution < 1.29 is 14.3 Å². The van der Waals surface area contributed by atoms with Crippen LogP contribution >= 0.6 is 0 Å². The lowest BCUT2D eigenvalue weighted by Crippen LogP contribution is -2.38. The molecule has 0 heterocycles. The van der Waals surface area contributed by atoms with Gasteiger partial charge in [0.05, 0.1) is 6.54 Å². The molecule has 0 saturated carbocycles. The summed E-state index contributed by atoms with van der Waals surface area (Å²) in [5.74, 6) is -0.683. The average molecular weight is 287 g/mol. The molecule has 0 aliphatic carbocycles. The minimum absolute atomic E-state index is 0.0757. The van der Waals surface area contributed by atoms with Crippen LogP contribution in [0, 0.1) is 12.7 Å². The van der Waals surface area contributed by atoms with Gasteiger partial charge >= 0.3 is 0 Å². The zero-order valence-corrected chi connectivity index (χ0v) is 12.1. The van der Waals surface area contributed by atoms with Crippen LogP contribution < -0.4 is 5.32 Å². The van der Waals surface area contributed by atoms with Crippen LogP contribution in [0.4, 0.5) is 4.39 Å². The average Bonchev–Trinajstić information content (AvgIpc) is 2.48. The van der Waals surface area contributed by atoms with Gasteiger partial charge in [-0.3, -0.25) is 4.79 Å². The van der Waals surface area contributed by atoms with Crippen molar-refractivity contribution in [2.45, 2.75) is 19.4 Å². The summed E-state index contributed by atoms with van der Waals surface area (Å²) in [5, 5.41) is 13.1. The molecule has 0 aliphatic rings. The van der Waals surface area contributed by atoms with E-state index in [0.29, 0.717) is 11.1 Å².